The second kappa shape index (κ2) is 6.66. The number of carboxylic acid groups (broad SMARTS) is 1. The highest BCUT2D eigenvalue weighted by Gasteiger charge is 2.30. The second-order valence-corrected chi connectivity index (χ2v) is 5.49. The molecule has 1 aliphatic rings. The molecular formula is C15H22N2O2. The molecule has 2 rings (SSSR count). The number of aromatic nitrogens is 1. The maximum absolute atomic E-state index is 11.2. The number of aliphatic carboxylic acids is 1. The Bertz CT molecular complexity index is 434. The molecule has 0 bridgehead atoms. The molecule has 2 unspecified atom stereocenters. The van der Waals surface area contributed by atoms with Crippen LogP contribution in [0.2, 0.25) is 0 Å². The number of hydrogen-bond donors (Lipinski definition) is 2. The van der Waals surface area contributed by atoms with Crippen molar-refractivity contribution in [3.63, 3.8) is 0 Å². The van der Waals surface area contributed by atoms with Crippen LogP contribution in [0.15, 0.2) is 18.5 Å². The monoisotopic (exact) mass is 262 g/mol. The number of rotatable bonds is 5. The lowest BCUT2D eigenvalue weighted by Gasteiger charge is -2.28. The van der Waals surface area contributed by atoms with E-state index < -0.39 is 5.97 Å². The van der Waals surface area contributed by atoms with Gasteiger partial charge in [0.15, 0.2) is 0 Å². The number of carbonyl (C=O) groups is 1. The van der Waals surface area contributed by atoms with Crippen LogP contribution in [0.3, 0.4) is 0 Å². The Kier molecular flexibility index (Phi) is 4.91. The highest BCUT2D eigenvalue weighted by atomic mass is 16.4. The molecule has 1 aliphatic carbocycles. The van der Waals surface area contributed by atoms with E-state index in [-0.39, 0.29) is 11.8 Å². The van der Waals surface area contributed by atoms with Crippen LogP contribution in [0.5, 0.6) is 0 Å². The summed E-state index contributed by atoms with van der Waals surface area (Å²) in [6, 6.07) is 2.11. The molecule has 1 fully saturated rings. The molecule has 4 nitrogen and oxygen atoms in total. The van der Waals surface area contributed by atoms with Crippen molar-refractivity contribution in [2.75, 3.05) is 6.54 Å². The van der Waals surface area contributed by atoms with Gasteiger partial charge in [0.2, 0.25) is 0 Å². The van der Waals surface area contributed by atoms with Gasteiger partial charge in [-0.25, -0.2) is 0 Å². The summed E-state index contributed by atoms with van der Waals surface area (Å²) in [5.41, 5.74) is 2.31. The molecular weight excluding hydrogens is 240 g/mol. The number of aryl methyl sites for hydroxylation is 1. The van der Waals surface area contributed by atoms with Crippen molar-refractivity contribution >= 4 is 5.97 Å². The summed E-state index contributed by atoms with van der Waals surface area (Å²) < 4.78 is 0. The van der Waals surface area contributed by atoms with Crippen LogP contribution in [0.1, 0.15) is 36.8 Å². The molecule has 0 amide bonds. The average Bonchev–Trinajstić information content (AvgIpc) is 2.39. The molecule has 1 aromatic heterocycles. The Balaban J connectivity index is 1.82. The smallest absolute Gasteiger partial charge is 0.306 e. The standard InChI is InChI=1S/C15H22N2O2/c1-11-6-12(8-16-7-11)9-17-10-13-4-2-3-5-14(13)15(18)19/h6-8,13-14,17H,2-5,9-10H2,1H3,(H,18,19). The van der Waals surface area contributed by atoms with Gasteiger partial charge in [0, 0.05) is 18.9 Å². The van der Waals surface area contributed by atoms with E-state index in [1.807, 2.05) is 19.3 Å². The Morgan fingerprint density at radius 2 is 2.21 bits per heavy atom. The van der Waals surface area contributed by atoms with Crippen LogP contribution < -0.4 is 5.32 Å². The van der Waals surface area contributed by atoms with E-state index in [0.29, 0.717) is 0 Å². The van der Waals surface area contributed by atoms with Crippen LogP contribution >= 0.6 is 0 Å². The van der Waals surface area contributed by atoms with Crippen molar-refractivity contribution in [3.05, 3.63) is 29.6 Å². The van der Waals surface area contributed by atoms with Gasteiger partial charge in [-0.2, -0.15) is 0 Å². The zero-order valence-electron chi connectivity index (χ0n) is 11.4. The fraction of sp³-hybridized carbons (Fsp3) is 0.600. The van der Waals surface area contributed by atoms with E-state index >= 15 is 0 Å². The van der Waals surface area contributed by atoms with Gasteiger partial charge in [-0.15, -0.1) is 0 Å². The van der Waals surface area contributed by atoms with Gasteiger partial charge in [0.25, 0.3) is 0 Å². The quantitative estimate of drug-likeness (QED) is 0.855. The highest BCUT2D eigenvalue weighted by Crippen LogP contribution is 2.29. The summed E-state index contributed by atoms with van der Waals surface area (Å²) in [7, 11) is 0. The van der Waals surface area contributed by atoms with Gasteiger partial charge in [0.1, 0.15) is 0 Å². The van der Waals surface area contributed by atoms with Crippen molar-refractivity contribution in [2.24, 2.45) is 11.8 Å². The largest absolute Gasteiger partial charge is 0.481 e. The second-order valence-electron chi connectivity index (χ2n) is 5.49. The fourth-order valence-corrected chi connectivity index (χ4v) is 2.89. The lowest BCUT2D eigenvalue weighted by molar-refractivity contribution is -0.144. The SMILES string of the molecule is Cc1cncc(CNCC2CCCCC2C(=O)O)c1. The maximum atomic E-state index is 11.2. The third-order valence-corrected chi connectivity index (χ3v) is 3.89. The molecule has 0 spiro atoms. The van der Waals surface area contributed by atoms with Gasteiger partial charge in [-0.1, -0.05) is 18.9 Å². The van der Waals surface area contributed by atoms with Crippen LogP contribution in [0.25, 0.3) is 0 Å². The Labute approximate surface area is 114 Å². The molecule has 0 radical (unpaired) electrons. The van der Waals surface area contributed by atoms with Crippen molar-refractivity contribution < 1.29 is 9.90 Å². The highest BCUT2D eigenvalue weighted by molar-refractivity contribution is 5.70. The normalized spacial score (nSPS) is 23.2. The molecule has 0 aliphatic heterocycles. The fourth-order valence-electron chi connectivity index (χ4n) is 2.89. The molecule has 19 heavy (non-hydrogen) atoms. The van der Waals surface area contributed by atoms with Gasteiger partial charge in [0.05, 0.1) is 5.92 Å². The van der Waals surface area contributed by atoms with Crippen molar-refractivity contribution in [1.29, 1.82) is 0 Å². The molecule has 1 heterocycles. The minimum absolute atomic E-state index is 0.170. The summed E-state index contributed by atoms with van der Waals surface area (Å²) in [6.07, 6.45) is 7.75. The van der Waals surface area contributed by atoms with E-state index in [2.05, 4.69) is 16.4 Å². The van der Waals surface area contributed by atoms with Gasteiger partial charge >= 0.3 is 5.97 Å². The maximum Gasteiger partial charge on any atom is 0.306 e. The molecule has 0 aromatic carbocycles. The third-order valence-electron chi connectivity index (χ3n) is 3.89. The number of pyridine rings is 1. The lowest BCUT2D eigenvalue weighted by atomic mass is 9.79. The minimum atomic E-state index is -0.635. The number of nitrogens with zero attached hydrogens (tertiary/aromatic N) is 1. The topological polar surface area (TPSA) is 62.2 Å². The minimum Gasteiger partial charge on any atom is -0.481 e. The van der Waals surface area contributed by atoms with Gasteiger partial charge in [-0.05, 0) is 43.4 Å². The van der Waals surface area contributed by atoms with Crippen LogP contribution in [-0.4, -0.2) is 22.6 Å². The summed E-state index contributed by atoms with van der Waals surface area (Å²) in [4.78, 5) is 15.4. The predicted molar refractivity (Wildman–Crippen MR) is 73.8 cm³/mol. The van der Waals surface area contributed by atoms with E-state index in [9.17, 15) is 9.90 Å². The Hall–Kier alpha value is -1.42. The lowest BCUT2D eigenvalue weighted by Crippen LogP contribution is -2.34. The molecule has 4 heteroatoms. The first kappa shape index (κ1) is 14.0. The first-order valence-corrected chi connectivity index (χ1v) is 7.01. The molecule has 1 saturated carbocycles. The van der Waals surface area contributed by atoms with Gasteiger partial charge in [-0.3, -0.25) is 9.78 Å². The zero-order valence-corrected chi connectivity index (χ0v) is 11.4. The van der Waals surface area contributed by atoms with E-state index in [1.165, 1.54) is 0 Å². The first-order valence-electron chi connectivity index (χ1n) is 7.01. The summed E-state index contributed by atoms with van der Waals surface area (Å²) in [5, 5.41) is 12.6. The molecule has 104 valence electrons. The predicted octanol–water partition coefficient (Wildman–Crippen LogP) is 2.37. The molecule has 1 aromatic rings. The Morgan fingerprint density at radius 1 is 1.42 bits per heavy atom. The molecule has 2 atom stereocenters. The van der Waals surface area contributed by atoms with Crippen molar-refractivity contribution in [3.8, 4) is 0 Å². The van der Waals surface area contributed by atoms with Crippen molar-refractivity contribution in [1.82, 2.24) is 10.3 Å². The third kappa shape index (κ3) is 4.03. The first-order chi connectivity index (χ1) is 9.16. The average molecular weight is 262 g/mol. The van der Waals surface area contributed by atoms with Crippen LogP contribution in [0.4, 0.5) is 0 Å². The van der Waals surface area contributed by atoms with Crippen LogP contribution in [-0.2, 0) is 11.3 Å². The van der Waals surface area contributed by atoms with E-state index in [4.69, 9.17) is 0 Å². The number of carboxylic acids is 1. The van der Waals surface area contributed by atoms with Crippen molar-refractivity contribution in [2.45, 2.75) is 39.2 Å². The van der Waals surface area contributed by atoms with Gasteiger partial charge < -0.3 is 10.4 Å². The number of nitrogens with one attached hydrogen (secondary N) is 1. The summed E-state index contributed by atoms with van der Waals surface area (Å²) in [5.74, 6) is -0.537. The van der Waals surface area contributed by atoms with Crippen LogP contribution in [0, 0.1) is 18.8 Å². The zero-order chi connectivity index (χ0) is 13.7. The van der Waals surface area contributed by atoms with E-state index in [0.717, 1.165) is 49.9 Å². The summed E-state index contributed by atoms with van der Waals surface area (Å²) in [6.45, 7) is 3.57. The molecule has 0 saturated heterocycles. The van der Waals surface area contributed by atoms with E-state index in [1.54, 1.807) is 0 Å². The Morgan fingerprint density at radius 3 is 2.95 bits per heavy atom. The number of hydrogen-bond acceptors (Lipinski definition) is 3. The molecule has 2 N–H and O–H groups in total. The summed E-state index contributed by atoms with van der Waals surface area (Å²) >= 11 is 0.